The molecule has 1 amide bonds. The average Bonchev–Trinajstić information content (AvgIpc) is 2.47. The monoisotopic (exact) mass is 320 g/mol. The number of nitrogens with one attached hydrogen (secondary N) is 1. The standard InChI is InChI=1S/C16H14F2N2O3/c1-10(14-7-4-12(17)9-15(14)18)19-16(21)8-11-2-5-13(6-3-11)20(22)23/h2-7,9-10H,8H2,1H3,(H,19,21). The zero-order valence-corrected chi connectivity index (χ0v) is 12.3. The van der Waals surface area contributed by atoms with Gasteiger partial charge < -0.3 is 5.32 Å². The Bertz CT molecular complexity index is 733. The first-order valence-electron chi connectivity index (χ1n) is 6.84. The highest BCUT2D eigenvalue weighted by molar-refractivity contribution is 5.79. The second-order valence-corrected chi connectivity index (χ2v) is 5.06. The molecule has 0 spiro atoms. The molecule has 0 radical (unpaired) electrons. The van der Waals surface area contributed by atoms with Crippen molar-refractivity contribution in [1.29, 1.82) is 0 Å². The largest absolute Gasteiger partial charge is 0.349 e. The molecule has 0 saturated heterocycles. The van der Waals surface area contributed by atoms with E-state index in [-0.39, 0.29) is 23.6 Å². The third-order valence-corrected chi connectivity index (χ3v) is 3.32. The van der Waals surface area contributed by atoms with Crippen LogP contribution in [0.2, 0.25) is 0 Å². The Morgan fingerprint density at radius 3 is 2.43 bits per heavy atom. The maximum absolute atomic E-state index is 13.6. The topological polar surface area (TPSA) is 72.2 Å². The van der Waals surface area contributed by atoms with Crippen molar-refractivity contribution in [2.75, 3.05) is 0 Å². The number of nitrogens with zero attached hydrogens (tertiary/aromatic N) is 1. The molecule has 1 unspecified atom stereocenters. The van der Waals surface area contributed by atoms with E-state index in [2.05, 4.69) is 5.32 Å². The summed E-state index contributed by atoms with van der Waals surface area (Å²) in [4.78, 5) is 22.0. The minimum absolute atomic E-state index is 0.00511. The molecule has 23 heavy (non-hydrogen) atoms. The molecular weight excluding hydrogens is 306 g/mol. The van der Waals surface area contributed by atoms with Crippen LogP contribution in [0.3, 0.4) is 0 Å². The fourth-order valence-electron chi connectivity index (χ4n) is 2.14. The molecule has 5 nitrogen and oxygen atoms in total. The van der Waals surface area contributed by atoms with Gasteiger partial charge in [-0.3, -0.25) is 14.9 Å². The summed E-state index contributed by atoms with van der Waals surface area (Å²) in [6.45, 7) is 1.59. The minimum Gasteiger partial charge on any atom is -0.349 e. The molecule has 0 aliphatic rings. The molecule has 0 saturated carbocycles. The molecule has 0 aromatic heterocycles. The van der Waals surface area contributed by atoms with Gasteiger partial charge in [-0.05, 0) is 18.6 Å². The first kappa shape index (κ1) is 16.5. The van der Waals surface area contributed by atoms with Gasteiger partial charge in [-0.2, -0.15) is 0 Å². The van der Waals surface area contributed by atoms with Crippen molar-refractivity contribution < 1.29 is 18.5 Å². The lowest BCUT2D eigenvalue weighted by Crippen LogP contribution is -2.28. The second-order valence-electron chi connectivity index (χ2n) is 5.06. The van der Waals surface area contributed by atoms with E-state index in [0.29, 0.717) is 5.56 Å². The summed E-state index contributed by atoms with van der Waals surface area (Å²) in [5.74, 6) is -1.78. The number of carbonyl (C=O) groups excluding carboxylic acids is 1. The number of hydrogen-bond donors (Lipinski definition) is 1. The predicted octanol–water partition coefficient (Wildman–Crippen LogP) is 3.29. The fourth-order valence-corrected chi connectivity index (χ4v) is 2.14. The molecule has 0 fully saturated rings. The molecule has 1 atom stereocenters. The molecule has 0 heterocycles. The number of halogens is 2. The Labute approximate surface area is 131 Å². The zero-order chi connectivity index (χ0) is 17.0. The third kappa shape index (κ3) is 4.32. The van der Waals surface area contributed by atoms with Crippen molar-refractivity contribution in [2.45, 2.75) is 19.4 Å². The smallest absolute Gasteiger partial charge is 0.269 e. The maximum Gasteiger partial charge on any atom is 0.269 e. The molecule has 7 heteroatoms. The van der Waals surface area contributed by atoms with Gasteiger partial charge in [0.15, 0.2) is 0 Å². The Balaban J connectivity index is 1.99. The number of carbonyl (C=O) groups is 1. The van der Waals surface area contributed by atoms with Crippen molar-refractivity contribution >= 4 is 11.6 Å². The molecule has 2 aromatic carbocycles. The molecule has 0 aliphatic carbocycles. The van der Waals surface area contributed by atoms with E-state index in [1.54, 1.807) is 6.92 Å². The van der Waals surface area contributed by atoms with Gasteiger partial charge in [0.1, 0.15) is 11.6 Å². The Morgan fingerprint density at radius 1 is 1.22 bits per heavy atom. The predicted molar refractivity (Wildman–Crippen MR) is 79.7 cm³/mol. The summed E-state index contributed by atoms with van der Waals surface area (Å²) in [6.07, 6.45) is 0.00511. The fraction of sp³-hybridized carbons (Fsp3) is 0.188. The number of rotatable bonds is 5. The van der Waals surface area contributed by atoms with Crippen LogP contribution in [0.25, 0.3) is 0 Å². The lowest BCUT2D eigenvalue weighted by Gasteiger charge is -2.15. The Kier molecular flexibility index (Phi) is 5.00. The van der Waals surface area contributed by atoms with Crippen molar-refractivity contribution in [3.63, 3.8) is 0 Å². The Hall–Kier alpha value is -2.83. The number of non-ortho nitro benzene ring substituents is 1. The van der Waals surface area contributed by atoms with E-state index in [0.717, 1.165) is 12.1 Å². The van der Waals surface area contributed by atoms with E-state index in [1.807, 2.05) is 0 Å². The van der Waals surface area contributed by atoms with Crippen LogP contribution in [-0.4, -0.2) is 10.8 Å². The molecule has 0 bridgehead atoms. The van der Waals surface area contributed by atoms with Crippen molar-refractivity contribution in [3.8, 4) is 0 Å². The number of nitro groups is 1. The van der Waals surface area contributed by atoms with Gasteiger partial charge in [-0.1, -0.05) is 18.2 Å². The molecule has 0 aliphatic heterocycles. The first-order chi connectivity index (χ1) is 10.9. The highest BCUT2D eigenvalue weighted by Gasteiger charge is 2.15. The molecule has 2 aromatic rings. The SMILES string of the molecule is CC(NC(=O)Cc1ccc([N+](=O)[O-])cc1)c1ccc(F)cc1F. The quantitative estimate of drug-likeness (QED) is 0.678. The molecule has 1 N–H and O–H groups in total. The van der Waals surface area contributed by atoms with Crippen LogP contribution in [0.15, 0.2) is 42.5 Å². The summed E-state index contributed by atoms with van der Waals surface area (Å²) >= 11 is 0. The van der Waals surface area contributed by atoms with Gasteiger partial charge in [0, 0.05) is 23.8 Å². The summed E-state index contributed by atoms with van der Waals surface area (Å²) in [5, 5.41) is 13.2. The summed E-state index contributed by atoms with van der Waals surface area (Å²) in [6, 6.07) is 8.13. The van der Waals surface area contributed by atoms with Gasteiger partial charge in [-0.15, -0.1) is 0 Å². The van der Waals surface area contributed by atoms with E-state index in [9.17, 15) is 23.7 Å². The van der Waals surface area contributed by atoms with Crippen molar-refractivity contribution in [2.24, 2.45) is 0 Å². The van der Waals surface area contributed by atoms with Gasteiger partial charge in [-0.25, -0.2) is 8.78 Å². The van der Waals surface area contributed by atoms with E-state index in [4.69, 9.17) is 0 Å². The van der Waals surface area contributed by atoms with E-state index < -0.39 is 22.6 Å². The van der Waals surface area contributed by atoms with Crippen LogP contribution in [0.4, 0.5) is 14.5 Å². The van der Waals surface area contributed by atoms with Gasteiger partial charge >= 0.3 is 0 Å². The van der Waals surface area contributed by atoms with Crippen LogP contribution in [0.5, 0.6) is 0 Å². The third-order valence-electron chi connectivity index (χ3n) is 3.32. The van der Waals surface area contributed by atoms with Crippen molar-refractivity contribution in [1.82, 2.24) is 5.32 Å². The molecular formula is C16H14F2N2O3. The maximum atomic E-state index is 13.6. The van der Waals surface area contributed by atoms with Gasteiger partial charge in [0.05, 0.1) is 17.4 Å². The van der Waals surface area contributed by atoms with Crippen LogP contribution in [0, 0.1) is 21.7 Å². The number of nitro benzene ring substituents is 1. The normalized spacial score (nSPS) is 11.8. The lowest BCUT2D eigenvalue weighted by atomic mass is 10.1. The number of amides is 1. The summed E-state index contributed by atoms with van der Waals surface area (Å²) < 4.78 is 26.5. The van der Waals surface area contributed by atoms with Gasteiger partial charge in [0.25, 0.3) is 5.69 Å². The van der Waals surface area contributed by atoms with Crippen LogP contribution in [-0.2, 0) is 11.2 Å². The lowest BCUT2D eigenvalue weighted by molar-refractivity contribution is -0.384. The van der Waals surface area contributed by atoms with Crippen LogP contribution < -0.4 is 5.32 Å². The molecule has 120 valence electrons. The number of benzene rings is 2. The second kappa shape index (κ2) is 6.95. The summed E-state index contributed by atoms with van der Waals surface area (Å²) in [7, 11) is 0. The van der Waals surface area contributed by atoms with Crippen LogP contribution in [0.1, 0.15) is 24.1 Å². The summed E-state index contributed by atoms with van der Waals surface area (Å²) in [5.41, 5.74) is 0.722. The van der Waals surface area contributed by atoms with Gasteiger partial charge in [0.2, 0.25) is 5.91 Å². The first-order valence-corrected chi connectivity index (χ1v) is 6.84. The Morgan fingerprint density at radius 2 is 1.87 bits per heavy atom. The molecule has 2 rings (SSSR count). The average molecular weight is 320 g/mol. The number of hydrogen-bond acceptors (Lipinski definition) is 3. The minimum atomic E-state index is -0.729. The highest BCUT2D eigenvalue weighted by atomic mass is 19.1. The van der Waals surface area contributed by atoms with Crippen LogP contribution >= 0.6 is 0 Å². The highest BCUT2D eigenvalue weighted by Crippen LogP contribution is 2.18. The van der Waals surface area contributed by atoms with E-state index >= 15 is 0 Å². The van der Waals surface area contributed by atoms with E-state index in [1.165, 1.54) is 30.3 Å². The van der Waals surface area contributed by atoms with Crippen molar-refractivity contribution in [3.05, 3.63) is 75.3 Å². The zero-order valence-electron chi connectivity index (χ0n) is 12.3.